The summed E-state index contributed by atoms with van der Waals surface area (Å²) >= 11 is 1.51. The number of ether oxygens (including phenoxy) is 3. The van der Waals surface area contributed by atoms with Crippen LogP contribution in [0, 0.1) is 5.92 Å². The van der Waals surface area contributed by atoms with E-state index in [4.69, 9.17) is 14.2 Å². The molecule has 0 bridgehead atoms. The van der Waals surface area contributed by atoms with Crippen molar-refractivity contribution in [1.29, 1.82) is 0 Å². The number of aromatic nitrogens is 1. The molecular formula is C24H28N2O4S. The quantitative estimate of drug-likeness (QED) is 0.442. The molecule has 0 unspecified atom stereocenters. The number of nitrogens with zero attached hydrogens (tertiary/aromatic N) is 2. The standard InChI is InChI=1S/C24H28N2O4S/c1-17(2)13-26(24(27)18-9-6-5-7-10-18)14-19-16-31-22(25-19)15-30-23-20(28-3)11-8-12-21(23)29-4/h5-12,16-17H,13-15H2,1-4H3. The minimum absolute atomic E-state index is 0.0128. The average molecular weight is 441 g/mol. The number of para-hydroxylation sites is 1. The topological polar surface area (TPSA) is 60.9 Å². The van der Waals surface area contributed by atoms with Crippen LogP contribution in [0.15, 0.2) is 53.9 Å². The van der Waals surface area contributed by atoms with Crippen LogP contribution in [0.4, 0.5) is 0 Å². The molecule has 7 heteroatoms. The predicted molar refractivity (Wildman–Crippen MR) is 122 cm³/mol. The van der Waals surface area contributed by atoms with Gasteiger partial charge in [-0.1, -0.05) is 38.1 Å². The van der Waals surface area contributed by atoms with E-state index < -0.39 is 0 Å². The molecule has 0 aliphatic heterocycles. The summed E-state index contributed by atoms with van der Waals surface area (Å²) in [5, 5.41) is 2.80. The number of hydrogen-bond donors (Lipinski definition) is 0. The number of thiazole rings is 1. The number of carbonyl (C=O) groups excluding carboxylic acids is 1. The van der Waals surface area contributed by atoms with Crippen molar-refractivity contribution in [3.8, 4) is 17.2 Å². The summed E-state index contributed by atoms with van der Waals surface area (Å²) in [4.78, 5) is 19.5. The zero-order chi connectivity index (χ0) is 22.2. The molecule has 0 saturated heterocycles. The van der Waals surface area contributed by atoms with Crippen molar-refractivity contribution in [2.24, 2.45) is 5.92 Å². The van der Waals surface area contributed by atoms with E-state index in [9.17, 15) is 4.79 Å². The van der Waals surface area contributed by atoms with E-state index in [2.05, 4.69) is 18.8 Å². The molecule has 0 spiro atoms. The minimum Gasteiger partial charge on any atom is -0.493 e. The molecule has 0 radical (unpaired) electrons. The van der Waals surface area contributed by atoms with Gasteiger partial charge in [-0.2, -0.15) is 0 Å². The number of hydrogen-bond acceptors (Lipinski definition) is 6. The zero-order valence-corrected chi connectivity index (χ0v) is 19.1. The highest BCUT2D eigenvalue weighted by Gasteiger charge is 2.19. The Morgan fingerprint density at radius 2 is 1.71 bits per heavy atom. The van der Waals surface area contributed by atoms with Gasteiger partial charge in [0.15, 0.2) is 11.5 Å². The Hall–Kier alpha value is -3.06. The van der Waals surface area contributed by atoms with Crippen LogP contribution >= 0.6 is 11.3 Å². The van der Waals surface area contributed by atoms with E-state index in [-0.39, 0.29) is 12.5 Å². The molecule has 0 fully saturated rings. The van der Waals surface area contributed by atoms with Gasteiger partial charge < -0.3 is 19.1 Å². The molecule has 2 aromatic carbocycles. The van der Waals surface area contributed by atoms with E-state index in [1.165, 1.54) is 11.3 Å². The summed E-state index contributed by atoms with van der Waals surface area (Å²) < 4.78 is 16.7. The van der Waals surface area contributed by atoms with Crippen LogP contribution in [-0.2, 0) is 13.2 Å². The van der Waals surface area contributed by atoms with E-state index in [0.717, 1.165) is 10.7 Å². The van der Waals surface area contributed by atoms with Crippen LogP contribution in [0.1, 0.15) is 34.9 Å². The molecule has 0 saturated carbocycles. The maximum Gasteiger partial charge on any atom is 0.254 e. The second kappa shape index (κ2) is 10.8. The molecule has 164 valence electrons. The summed E-state index contributed by atoms with van der Waals surface area (Å²) in [7, 11) is 3.19. The van der Waals surface area contributed by atoms with Crippen molar-refractivity contribution in [3.63, 3.8) is 0 Å². The molecule has 1 aromatic heterocycles. The molecule has 0 aliphatic carbocycles. The molecular weight excluding hydrogens is 412 g/mol. The van der Waals surface area contributed by atoms with Gasteiger partial charge in [0.2, 0.25) is 5.75 Å². The lowest BCUT2D eigenvalue weighted by Gasteiger charge is -2.24. The number of amides is 1. The fraction of sp³-hybridized carbons (Fsp3) is 0.333. The largest absolute Gasteiger partial charge is 0.493 e. The van der Waals surface area contributed by atoms with Crippen molar-refractivity contribution < 1.29 is 19.0 Å². The Labute approximate surface area is 187 Å². The van der Waals surface area contributed by atoms with Crippen molar-refractivity contribution in [2.75, 3.05) is 20.8 Å². The van der Waals surface area contributed by atoms with Crippen LogP contribution in [0.25, 0.3) is 0 Å². The van der Waals surface area contributed by atoms with Crippen LogP contribution in [-0.4, -0.2) is 36.6 Å². The van der Waals surface area contributed by atoms with Gasteiger partial charge in [-0.05, 0) is 30.2 Å². The lowest BCUT2D eigenvalue weighted by molar-refractivity contribution is 0.0720. The first-order chi connectivity index (χ1) is 15.0. The maximum absolute atomic E-state index is 13.0. The molecule has 0 N–H and O–H groups in total. The molecule has 1 heterocycles. The molecule has 1 amide bonds. The number of benzene rings is 2. The van der Waals surface area contributed by atoms with Crippen LogP contribution in [0.3, 0.4) is 0 Å². The van der Waals surface area contributed by atoms with Crippen molar-refractivity contribution in [1.82, 2.24) is 9.88 Å². The Kier molecular flexibility index (Phi) is 7.89. The molecule has 0 atom stereocenters. The summed E-state index contributed by atoms with van der Waals surface area (Å²) in [6, 6.07) is 14.9. The average Bonchev–Trinajstić information content (AvgIpc) is 3.24. The maximum atomic E-state index is 13.0. The lowest BCUT2D eigenvalue weighted by Crippen LogP contribution is -2.33. The Morgan fingerprint density at radius 3 is 2.32 bits per heavy atom. The van der Waals surface area contributed by atoms with Crippen LogP contribution < -0.4 is 14.2 Å². The zero-order valence-electron chi connectivity index (χ0n) is 18.3. The molecule has 3 aromatic rings. The number of carbonyl (C=O) groups is 1. The minimum atomic E-state index is 0.0128. The molecule has 3 rings (SSSR count). The first-order valence-corrected chi connectivity index (χ1v) is 11.0. The summed E-state index contributed by atoms with van der Waals surface area (Å²) in [6.07, 6.45) is 0. The third-order valence-corrected chi connectivity index (χ3v) is 5.44. The first kappa shape index (κ1) is 22.6. The van der Waals surface area contributed by atoms with Crippen LogP contribution in [0.5, 0.6) is 17.2 Å². The number of rotatable bonds is 10. The second-order valence-electron chi connectivity index (χ2n) is 7.46. The fourth-order valence-electron chi connectivity index (χ4n) is 3.20. The van der Waals surface area contributed by atoms with Crippen molar-refractivity contribution >= 4 is 17.2 Å². The molecule has 6 nitrogen and oxygen atoms in total. The summed E-state index contributed by atoms with van der Waals surface area (Å²) in [5.41, 5.74) is 1.53. The SMILES string of the molecule is COc1cccc(OC)c1OCc1nc(CN(CC(C)C)C(=O)c2ccccc2)cs1. The smallest absolute Gasteiger partial charge is 0.254 e. The first-order valence-electron chi connectivity index (χ1n) is 10.1. The highest BCUT2D eigenvalue weighted by molar-refractivity contribution is 7.09. The fourth-order valence-corrected chi connectivity index (χ4v) is 3.90. The predicted octanol–water partition coefficient (Wildman–Crippen LogP) is 5.04. The van der Waals surface area contributed by atoms with Gasteiger partial charge in [-0.3, -0.25) is 4.79 Å². The van der Waals surface area contributed by atoms with Gasteiger partial charge in [-0.15, -0.1) is 11.3 Å². The van der Waals surface area contributed by atoms with Crippen LogP contribution in [0.2, 0.25) is 0 Å². The second-order valence-corrected chi connectivity index (χ2v) is 8.40. The lowest BCUT2D eigenvalue weighted by atomic mass is 10.1. The van der Waals surface area contributed by atoms with Gasteiger partial charge in [0, 0.05) is 17.5 Å². The Bertz CT molecular complexity index is 966. The van der Waals surface area contributed by atoms with Gasteiger partial charge in [-0.25, -0.2) is 4.98 Å². The highest BCUT2D eigenvalue weighted by atomic mass is 32.1. The Morgan fingerprint density at radius 1 is 1.03 bits per heavy atom. The normalized spacial score (nSPS) is 10.7. The van der Waals surface area contributed by atoms with Crippen molar-refractivity contribution in [3.05, 3.63) is 70.2 Å². The third kappa shape index (κ3) is 5.98. The van der Waals surface area contributed by atoms with Gasteiger partial charge in [0.1, 0.15) is 11.6 Å². The van der Waals surface area contributed by atoms with Crippen molar-refractivity contribution in [2.45, 2.75) is 27.0 Å². The third-order valence-electron chi connectivity index (χ3n) is 4.57. The monoisotopic (exact) mass is 440 g/mol. The van der Waals surface area contributed by atoms with E-state index >= 15 is 0 Å². The van der Waals surface area contributed by atoms with E-state index in [1.807, 2.05) is 58.8 Å². The van der Waals surface area contributed by atoms with Gasteiger partial charge in [0.25, 0.3) is 5.91 Å². The van der Waals surface area contributed by atoms with Gasteiger partial charge >= 0.3 is 0 Å². The Balaban J connectivity index is 1.70. The highest BCUT2D eigenvalue weighted by Crippen LogP contribution is 2.37. The van der Waals surface area contributed by atoms with E-state index in [0.29, 0.717) is 41.8 Å². The number of methoxy groups -OCH3 is 2. The van der Waals surface area contributed by atoms with Gasteiger partial charge in [0.05, 0.1) is 26.5 Å². The summed E-state index contributed by atoms with van der Waals surface area (Å²) in [5.74, 6) is 2.12. The summed E-state index contributed by atoms with van der Waals surface area (Å²) in [6.45, 7) is 5.62. The molecule has 0 aliphatic rings. The molecule has 31 heavy (non-hydrogen) atoms. The van der Waals surface area contributed by atoms with E-state index in [1.54, 1.807) is 14.2 Å².